The van der Waals surface area contributed by atoms with E-state index in [1.54, 1.807) is 31.2 Å². The number of hydrogen-bond donors (Lipinski definition) is 1. The third-order valence-corrected chi connectivity index (χ3v) is 4.53. The average molecular weight is 468 g/mol. The second kappa shape index (κ2) is 11.3. The summed E-state index contributed by atoms with van der Waals surface area (Å²) in [5.74, 6) is 0.538. The number of nitrogens with zero attached hydrogens (tertiary/aromatic N) is 4. The van der Waals surface area contributed by atoms with Crippen molar-refractivity contribution >= 4 is 17.7 Å². The number of anilines is 1. The Labute approximate surface area is 198 Å². The standard InChI is InChI=1S/C24H29N5O5/c1-6-10-33-19-9-8-18(13-20(19)32-7-2)23(31)34-14-22(30)27-21-12-17(5)28-29(21)24-25-15(3)11-16(4)26-24/h8-9,11-13H,6-7,10,14H2,1-5H3,(H,27,30). The number of carbonyl (C=O) groups is 2. The first-order valence-corrected chi connectivity index (χ1v) is 11.1. The van der Waals surface area contributed by atoms with Crippen molar-refractivity contribution in [3.63, 3.8) is 0 Å². The number of carbonyl (C=O) groups excluding carboxylic acids is 2. The number of aromatic nitrogens is 4. The largest absolute Gasteiger partial charge is 0.490 e. The van der Waals surface area contributed by atoms with Crippen molar-refractivity contribution in [2.75, 3.05) is 25.1 Å². The lowest BCUT2D eigenvalue weighted by Crippen LogP contribution is -2.23. The van der Waals surface area contributed by atoms with E-state index >= 15 is 0 Å². The zero-order valence-corrected chi connectivity index (χ0v) is 20.0. The fraction of sp³-hybridized carbons (Fsp3) is 0.375. The predicted octanol–water partition coefficient (Wildman–Crippen LogP) is 3.57. The van der Waals surface area contributed by atoms with Crippen molar-refractivity contribution in [3.05, 3.63) is 53.0 Å². The Kier molecular flexibility index (Phi) is 8.18. The van der Waals surface area contributed by atoms with Crippen molar-refractivity contribution in [1.82, 2.24) is 19.7 Å². The number of ether oxygens (including phenoxy) is 3. The van der Waals surface area contributed by atoms with Gasteiger partial charge in [0.25, 0.3) is 11.9 Å². The lowest BCUT2D eigenvalue weighted by Gasteiger charge is -2.13. The summed E-state index contributed by atoms with van der Waals surface area (Å²) in [6, 6.07) is 8.30. The van der Waals surface area contributed by atoms with E-state index in [1.807, 2.05) is 33.8 Å². The summed E-state index contributed by atoms with van der Waals surface area (Å²) in [6.07, 6.45) is 0.846. The fourth-order valence-corrected chi connectivity index (χ4v) is 3.17. The van der Waals surface area contributed by atoms with Crippen molar-refractivity contribution in [2.45, 2.75) is 41.0 Å². The molecule has 3 aromatic rings. The van der Waals surface area contributed by atoms with Crippen LogP contribution in [0.4, 0.5) is 5.82 Å². The Hall–Kier alpha value is -3.95. The number of aryl methyl sites for hydroxylation is 3. The van der Waals surface area contributed by atoms with E-state index in [0.29, 0.717) is 42.2 Å². The van der Waals surface area contributed by atoms with Gasteiger partial charge in [-0.05, 0) is 58.4 Å². The maximum absolute atomic E-state index is 12.5. The van der Waals surface area contributed by atoms with Crippen LogP contribution in [0.25, 0.3) is 5.95 Å². The van der Waals surface area contributed by atoms with Crippen molar-refractivity contribution in [1.29, 1.82) is 0 Å². The molecule has 1 aromatic carbocycles. The summed E-state index contributed by atoms with van der Waals surface area (Å²) in [4.78, 5) is 33.8. The Morgan fingerprint density at radius 1 is 0.941 bits per heavy atom. The summed E-state index contributed by atoms with van der Waals surface area (Å²) in [6.45, 7) is 9.81. The van der Waals surface area contributed by atoms with Gasteiger partial charge in [-0.1, -0.05) is 6.92 Å². The summed E-state index contributed by atoms with van der Waals surface area (Å²) in [5, 5.41) is 7.06. The summed E-state index contributed by atoms with van der Waals surface area (Å²) in [5.41, 5.74) is 2.48. The molecule has 0 aliphatic heterocycles. The van der Waals surface area contributed by atoms with Gasteiger partial charge in [-0.15, -0.1) is 0 Å². The molecule has 1 amide bonds. The van der Waals surface area contributed by atoms with Gasteiger partial charge in [-0.25, -0.2) is 14.8 Å². The molecule has 0 aliphatic rings. The molecule has 0 aliphatic carbocycles. The molecule has 0 saturated carbocycles. The van der Waals surface area contributed by atoms with Crippen LogP contribution in [0.1, 0.15) is 47.7 Å². The lowest BCUT2D eigenvalue weighted by molar-refractivity contribution is -0.119. The third kappa shape index (κ3) is 6.31. The Bertz CT molecular complexity index is 1150. The van der Waals surface area contributed by atoms with Gasteiger partial charge >= 0.3 is 5.97 Å². The van der Waals surface area contributed by atoms with Crippen LogP contribution in [0, 0.1) is 20.8 Å². The van der Waals surface area contributed by atoms with Crippen LogP contribution >= 0.6 is 0 Å². The smallest absolute Gasteiger partial charge is 0.338 e. The van der Waals surface area contributed by atoms with Crippen LogP contribution in [0.2, 0.25) is 0 Å². The van der Waals surface area contributed by atoms with E-state index in [9.17, 15) is 9.59 Å². The number of rotatable bonds is 10. The molecule has 2 aromatic heterocycles. The minimum Gasteiger partial charge on any atom is -0.490 e. The van der Waals surface area contributed by atoms with Crippen LogP contribution < -0.4 is 14.8 Å². The molecular weight excluding hydrogens is 438 g/mol. The molecule has 34 heavy (non-hydrogen) atoms. The van der Waals surface area contributed by atoms with Gasteiger partial charge in [0.15, 0.2) is 18.1 Å². The highest BCUT2D eigenvalue weighted by Gasteiger charge is 2.17. The highest BCUT2D eigenvalue weighted by molar-refractivity contribution is 5.95. The molecular formula is C24H29N5O5. The number of nitrogens with one attached hydrogen (secondary N) is 1. The van der Waals surface area contributed by atoms with E-state index in [2.05, 4.69) is 20.4 Å². The van der Waals surface area contributed by atoms with Gasteiger partial charge in [0.1, 0.15) is 5.82 Å². The van der Waals surface area contributed by atoms with Crippen molar-refractivity contribution in [2.24, 2.45) is 0 Å². The van der Waals surface area contributed by atoms with Crippen LogP contribution in [0.15, 0.2) is 30.3 Å². The van der Waals surface area contributed by atoms with Crippen LogP contribution in [-0.4, -0.2) is 51.4 Å². The lowest BCUT2D eigenvalue weighted by atomic mass is 10.2. The second-order valence-electron chi connectivity index (χ2n) is 7.60. The zero-order valence-electron chi connectivity index (χ0n) is 20.0. The van der Waals surface area contributed by atoms with E-state index < -0.39 is 18.5 Å². The van der Waals surface area contributed by atoms with E-state index in [1.165, 1.54) is 4.68 Å². The molecule has 2 heterocycles. The molecule has 10 nitrogen and oxygen atoms in total. The summed E-state index contributed by atoms with van der Waals surface area (Å²) < 4.78 is 17.9. The molecule has 0 unspecified atom stereocenters. The number of esters is 1. The van der Waals surface area contributed by atoms with Gasteiger partial charge in [0.2, 0.25) is 0 Å². The van der Waals surface area contributed by atoms with Crippen LogP contribution in [0.5, 0.6) is 11.5 Å². The van der Waals surface area contributed by atoms with Gasteiger partial charge < -0.3 is 19.5 Å². The van der Waals surface area contributed by atoms with Crippen molar-refractivity contribution < 1.29 is 23.8 Å². The SMILES string of the molecule is CCCOc1ccc(C(=O)OCC(=O)Nc2cc(C)nn2-c2nc(C)cc(C)n2)cc1OCC. The predicted molar refractivity (Wildman–Crippen MR) is 126 cm³/mol. The van der Waals surface area contributed by atoms with Crippen molar-refractivity contribution in [3.8, 4) is 17.4 Å². The molecule has 0 radical (unpaired) electrons. The maximum atomic E-state index is 12.5. The minimum absolute atomic E-state index is 0.254. The van der Waals surface area contributed by atoms with Gasteiger partial charge in [-0.3, -0.25) is 4.79 Å². The molecule has 1 N–H and O–H groups in total. The van der Waals surface area contributed by atoms with E-state index in [4.69, 9.17) is 14.2 Å². The number of benzene rings is 1. The number of hydrogen-bond acceptors (Lipinski definition) is 8. The average Bonchev–Trinajstić information content (AvgIpc) is 3.16. The topological polar surface area (TPSA) is 117 Å². The normalized spacial score (nSPS) is 10.6. The number of amides is 1. The summed E-state index contributed by atoms with van der Waals surface area (Å²) >= 11 is 0. The van der Waals surface area contributed by atoms with Crippen LogP contribution in [-0.2, 0) is 9.53 Å². The Balaban J connectivity index is 1.67. The Morgan fingerprint density at radius 3 is 2.35 bits per heavy atom. The molecule has 0 fully saturated rings. The molecule has 0 atom stereocenters. The van der Waals surface area contributed by atoms with E-state index in [-0.39, 0.29) is 5.56 Å². The first-order valence-electron chi connectivity index (χ1n) is 11.1. The second-order valence-corrected chi connectivity index (χ2v) is 7.60. The highest BCUT2D eigenvalue weighted by atomic mass is 16.5. The quantitative estimate of drug-likeness (QED) is 0.450. The highest BCUT2D eigenvalue weighted by Crippen LogP contribution is 2.29. The van der Waals surface area contributed by atoms with Gasteiger partial charge in [-0.2, -0.15) is 9.78 Å². The maximum Gasteiger partial charge on any atom is 0.338 e. The Morgan fingerprint density at radius 2 is 1.68 bits per heavy atom. The first kappa shape index (κ1) is 24.7. The monoisotopic (exact) mass is 467 g/mol. The fourth-order valence-electron chi connectivity index (χ4n) is 3.17. The molecule has 10 heteroatoms. The van der Waals surface area contributed by atoms with E-state index in [0.717, 1.165) is 17.8 Å². The molecule has 3 rings (SSSR count). The summed E-state index contributed by atoms with van der Waals surface area (Å²) in [7, 11) is 0. The first-order chi connectivity index (χ1) is 16.3. The molecule has 180 valence electrons. The molecule has 0 bridgehead atoms. The third-order valence-electron chi connectivity index (χ3n) is 4.53. The molecule has 0 spiro atoms. The molecule has 0 saturated heterocycles. The van der Waals surface area contributed by atoms with Gasteiger partial charge in [0, 0.05) is 17.5 Å². The van der Waals surface area contributed by atoms with Gasteiger partial charge in [0.05, 0.1) is 24.5 Å². The zero-order chi connectivity index (χ0) is 24.7. The minimum atomic E-state index is -0.652. The van der Waals surface area contributed by atoms with Crippen LogP contribution in [0.3, 0.4) is 0 Å².